The Morgan fingerprint density at radius 3 is 2.76 bits per heavy atom. The molecule has 0 aliphatic rings. The Kier molecular flexibility index (Phi) is 5.94. The number of thiophene rings is 1. The van der Waals surface area contributed by atoms with Crippen LogP contribution >= 0.6 is 23.1 Å². The van der Waals surface area contributed by atoms with Crippen LogP contribution < -0.4 is 0 Å². The van der Waals surface area contributed by atoms with Crippen molar-refractivity contribution >= 4 is 33.1 Å². The highest BCUT2D eigenvalue weighted by atomic mass is 32.2. The summed E-state index contributed by atoms with van der Waals surface area (Å²) in [5.74, 6) is 0.782. The number of nitrogens with zero attached hydrogens (tertiary/aromatic N) is 1. The molecular weight excluding hydrogens is 278 g/mol. The summed E-state index contributed by atoms with van der Waals surface area (Å²) in [4.78, 5) is 0.893. The van der Waals surface area contributed by atoms with Crippen LogP contribution in [0.2, 0.25) is 0 Å². The second-order valence-corrected chi connectivity index (χ2v) is 7.94. The summed E-state index contributed by atoms with van der Waals surface area (Å²) in [6.07, 6.45) is 2.46. The molecule has 0 aliphatic heterocycles. The lowest BCUT2D eigenvalue weighted by Crippen LogP contribution is -2.28. The van der Waals surface area contributed by atoms with Gasteiger partial charge in [-0.3, -0.25) is 0 Å². The van der Waals surface area contributed by atoms with E-state index >= 15 is 0 Å². The molecule has 0 saturated heterocycles. The zero-order valence-electron chi connectivity index (χ0n) is 9.92. The SMILES string of the molecule is CSCCN(C)S(=O)(=O)c1ccc(CCO)s1. The molecular formula is C10H17NO3S3. The van der Waals surface area contributed by atoms with Crippen molar-refractivity contribution in [2.24, 2.45) is 0 Å². The maximum absolute atomic E-state index is 12.1. The number of aliphatic hydroxyl groups excluding tert-OH is 1. The zero-order valence-corrected chi connectivity index (χ0v) is 12.4. The monoisotopic (exact) mass is 295 g/mol. The van der Waals surface area contributed by atoms with Gasteiger partial charge in [-0.05, 0) is 18.4 Å². The third kappa shape index (κ3) is 3.96. The van der Waals surface area contributed by atoms with Crippen LogP contribution in [0.15, 0.2) is 16.3 Å². The first kappa shape index (κ1) is 15.0. The van der Waals surface area contributed by atoms with E-state index in [0.717, 1.165) is 10.6 Å². The summed E-state index contributed by atoms with van der Waals surface area (Å²) < 4.78 is 26.0. The molecule has 0 spiro atoms. The number of thioether (sulfide) groups is 1. The molecule has 98 valence electrons. The normalized spacial score (nSPS) is 12.2. The second-order valence-electron chi connectivity index (χ2n) is 3.51. The molecule has 1 aromatic rings. The van der Waals surface area contributed by atoms with Crippen LogP contribution in [-0.2, 0) is 16.4 Å². The summed E-state index contributed by atoms with van der Waals surface area (Å²) in [6.45, 7) is 0.555. The van der Waals surface area contributed by atoms with Crippen LogP contribution in [-0.4, -0.2) is 50.0 Å². The Labute approximate surface area is 111 Å². The van der Waals surface area contributed by atoms with E-state index in [0.29, 0.717) is 17.2 Å². The van der Waals surface area contributed by atoms with E-state index in [2.05, 4.69) is 0 Å². The van der Waals surface area contributed by atoms with Gasteiger partial charge in [0.15, 0.2) is 0 Å². The van der Waals surface area contributed by atoms with Gasteiger partial charge in [-0.25, -0.2) is 8.42 Å². The predicted octanol–water partition coefficient (Wildman–Crippen LogP) is 1.27. The molecule has 0 radical (unpaired) electrons. The Bertz CT molecular complexity index is 441. The van der Waals surface area contributed by atoms with Crippen LogP contribution in [0, 0.1) is 0 Å². The molecule has 4 nitrogen and oxygen atoms in total. The zero-order chi connectivity index (χ0) is 12.9. The first-order valence-corrected chi connectivity index (χ1v) is 8.82. The van der Waals surface area contributed by atoms with Crippen molar-refractivity contribution in [1.29, 1.82) is 0 Å². The predicted molar refractivity (Wildman–Crippen MR) is 73.3 cm³/mol. The summed E-state index contributed by atoms with van der Waals surface area (Å²) in [6, 6.07) is 3.37. The topological polar surface area (TPSA) is 57.6 Å². The lowest BCUT2D eigenvalue weighted by molar-refractivity contribution is 0.300. The molecule has 1 N–H and O–H groups in total. The first-order valence-electron chi connectivity index (χ1n) is 5.17. The molecule has 1 heterocycles. The largest absolute Gasteiger partial charge is 0.396 e. The van der Waals surface area contributed by atoms with E-state index in [-0.39, 0.29) is 6.61 Å². The van der Waals surface area contributed by atoms with Gasteiger partial charge in [-0.2, -0.15) is 16.1 Å². The number of hydrogen-bond donors (Lipinski definition) is 1. The van der Waals surface area contributed by atoms with Gasteiger partial charge < -0.3 is 5.11 Å². The van der Waals surface area contributed by atoms with Crippen molar-refractivity contribution in [1.82, 2.24) is 4.31 Å². The van der Waals surface area contributed by atoms with Crippen molar-refractivity contribution in [3.63, 3.8) is 0 Å². The van der Waals surface area contributed by atoms with Crippen molar-refractivity contribution in [3.8, 4) is 0 Å². The maximum Gasteiger partial charge on any atom is 0.252 e. The molecule has 0 fully saturated rings. The van der Waals surface area contributed by atoms with Gasteiger partial charge in [0.2, 0.25) is 0 Å². The fraction of sp³-hybridized carbons (Fsp3) is 0.600. The van der Waals surface area contributed by atoms with Gasteiger partial charge in [0.1, 0.15) is 4.21 Å². The van der Waals surface area contributed by atoms with E-state index in [9.17, 15) is 8.42 Å². The van der Waals surface area contributed by atoms with Gasteiger partial charge in [-0.15, -0.1) is 11.3 Å². The molecule has 7 heteroatoms. The van der Waals surface area contributed by atoms with Crippen LogP contribution in [0.25, 0.3) is 0 Å². The van der Waals surface area contributed by atoms with Crippen LogP contribution in [0.1, 0.15) is 4.88 Å². The van der Waals surface area contributed by atoms with Crippen LogP contribution in [0.3, 0.4) is 0 Å². The highest BCUT2D eigenvalue weighted by Crippen LogP contribution is 2.24. The van der Waals surface area contributed by atoms with E-state index in [1.54, 1.807) is 30.9 Å². The minimum atomic E-state index is -3.35. The third-order valence-electron chi connectivity index (χ3n) is 2.27. The summed E-state index contributed by atoms with van der Waals surface area (Å²) in [5.41, 5.74) is 0. The smallest absolute Gasteiger partial charge is 0.252 e. The number of sulfonamides is 1. The van der Waals surface area contributed by atoms with Gasteiger partial charge in [0, 0.05) is 37.3 Å². The Morgan fingerprint density at radius 1 is 1.47 bits per heavy atom. The van der Waals surface area contributed by atoms with Crippen molar-refractivity contribution in [2.75, 3.05) is 32.2 Å². The number of rotatable bonds is 7. The molecule has 0 amide bonds. The van der Waals surface area contributed by atoms with Crippen LogP contribution in [0.4, 0.5) is 0 Å². The standard InChI is InChI=1S/C10H17NO3S3/c1-11(6-8-15-2)17(13,14)10-4-3-9(16-10)5-7-12/h3-4,12H,5-8H2,1-2H3. The third-order valence-corrected chi connectivity index (χ3v) is 6.33. The van der Waals surface area contributed by atoms with E-state index in [4.69, 9.17) is 5.11 Å². The fourth-order valence-corrected chi connectivity index (χ4v) is 4.53. The molecule has 1 aromatic heterocycles. The van der Waals surface area contributed by atoms with E-state index in [1.807, 2.05) is 6.26 Å². The van der Waals surface area contributed by atoms with E-state index in [1.165, 1.54) is 15.6 Å². The van der Waals surface area contributed by atoms with Gasteiger partial charge in [0.25, 0.3) is 10.0 Å². The van der Waals surface area contributed by atoms with Crippen molar-refractivity contribution in [2.45, 2.75) is 10.6 Å². The average Bonchev–Trinajstić information content (AvgIpc) is 2.75. The molecule has 1 rings (SSSR count). The van der Waals surface area contributed by atoms with Gasteiger partial charge in [0.05, 0.1) is 0 Å². The molecule has 0 aromatic carbocycles. The quantitative estimate of drug-likeness (QED) is 0.823. The highest BCUT2D eigenvalue weighted by molar-refractivity contribution is 7.98. The lowest BCUT2D eigenvalue weighted by atomic mass is 10.4. The first-order chi connectivity index (χ1) is 8.02. The number of hydrogen-bond acceptors (Lipinski definition) is 5. The lowest BCUT2D eigenvalue weighted by Gasteiger charge is -2.14. The molecule has 17 heavy (non-hydrogen) atoms. The molecule has 0 saturated carbocycles. The van der Waals surface area contributed by atoms with Crippen LogP contribution in [0.5, 0.6) is 0 Å². The maximum atomic E-state index is 12.1. The Balaban J connectivity index is 2.81. The van der Waals surface area contributed by atoms with Gasteiger partial charge in [-0.1, -0.05) is 0 Å². The van der Waals surface area contributed by atoms with Gasteiger partial charge >= 0.3 is 0 Å². The summed E-state index contributed by atoms with van der Waals surface area (Å²) in [5, 5.41) is 8.80. The molecule has 0 aliphatic carbocycles. The second kappa shape index (κ2) is 6.75. The summed E-state index contributed by atoms with van der Waals surface area (Å²) in [7, 11) is -1.76. The number of aliphatic hydroxyl groups is 1. The fourth-order valence-electron chi connectivity index (χ4n) is 1.24. The van der Waals surface area contributed by atoms with E-state index < -0.39 is 10.0 Å². The Morgan fingerprint density at radius 2 is 2.18 bits per heavy atom. The minimum absolute atomic E-state index is 0.0440. The average molecular weight is 295 g/mol. The molecule has 0 bridgehead atoms. The minimum Gasteiger partial charge on any atom is -0.396 e. The highest BCUT2D eigenvalue weighted by Gasteiger charge is 2.22. The molecule has 0 atom stereocenters. The molecule has 0 unspecified atom stereocenters. The summed E-state index contributed by atoms with van der Waals surface area (Å²) >= 11 is 2.85. The van der Waals surface area contributed by atoms with Crippen molar-refractivity contribution < 1.29 is 13.5 Å². The van der Waals surface area contributed by atoms with Crippen molar-refractivity contribution in [3.05, 3.63) is 17.0 Å². The Hall–Kier alpha value is -0.0800.